The van der Waals surface area contributed by atoms with Gasteiger partial charge in [0.1, 0.15) is 0 Å². The number of urea groups is 1. The molecule has 0 aliphatic heterocycles. The van der Waals surface area contributed by atoms with E-state index in [-0.39, 0.29) is 6.03 Å². The minimum absolute atomic E-state index is 0.303. The van der Waals surface area contributed by atoms with Crippen molar-refractivity contribution in [1.82, 2.24) is 5.32 Å². The number of aliphatic carboxylic acids is 2. The number of carboxylic acid groups (broad SMARTS) is 2. The third kappa shape index (κ3) is 18.6. The molecule has 0 aromatic rings. The first kappa shape index (κ1) is 15.3. The molecule has 0 rings (SSSR count). The predicted molar refractivity (Wildman–Crippen MR) is 53.0 cm³/mol. The van der Waals surface area contributed by atoms with Crippen molar-refractivity contribution in [3.63, 3.8) is 0 Å². The van der Waals surface area contributed by atoms with E-state index in [0.29, 0.717) is 12.2 Å². The average molecular weight is 216 g/mol. The molecule has 0 aliphatic rings. The highest BCUT2D eigenvalue weighted by Crippen LogP contribution is 1.70. The van der Waals surface area contributed by atoms with Crippen LogP contribution in [0.1, 0.15) is 6.92 Å². The standard InChI is InChI=1S/C4H8N2O.C4H4O4/c1-3-6-4(7)5-2;5-3(6)1-2-4(7)8/h3H,1-2H3,(H,5,7);1-2H,(H,5,6)(H,7,8)/b;2-1+. The Balaban J connectivity index is 0. The van der Waals surface area contributed by atoms with Gasteiger partial charge in [0.05, 0.1) is 0 Å². The summed E-state index contributed by atoms with van der Waals surface area (Å²) in [6.45, 7) is 1.69. The largest absolute Gasteiger partial charge is 0.478 e. The third-order valence-corrected chi connectivity index (χ3v) is 0.829. The summed E-state index contributed by atoms with van der Waals surface area (Å²) in [6, 6.07) is -0.303. The number of hydrogen-bond donors (Lipinski definition) is 3. The summed E-state index contributed by atoms with van der Waals surface area (Å²) in [5, 5.41) is 18.0. The molecule has 0 bridgehead atoms. The van der Waals surface area contributed by atoms with Crippen molar-refractivity contribution in [2.45, 2.75) is 6.92 Å². The van der Waals surface area contributed by atoms with E-state index in [2.05, 4.69) is 10.3 Å². The lowest BCUT2D eigenvalue weighted by molar-refractivity contribution is -0.134. The second-order valence-electron chi connectivity index (χ2n) is 1.95. The molecule has 7 heteroatoms. The van der Waals surface area contributed by atoms with Crippen molar-refractivity contribution < 1.29 is 24.6 Å². The quantitative estimate of drug-likeness (QED) is 0.448. The number of aliphatic imine (C=N–C) groups is 1. The first-order chi connectivity index (χ1) is 6.93. The van der Waals surface area contributed by atoms with Gasteiger partial charge in [-0.05, 0) is 6.92 Å². The van der Waals surface area contributed by atoms with Crippen molar-refractivity contribution >= 4 is 24.2 Å². The molecule has 0 aromatic carbocycles. The van der Waals surface area contributed by atoms with E-state index in [1.165, 1.54) is 13.3 Å². The highest BCUT2D eigenvalue weighted by atomic mass is 16.4. The average Bonchev–Trinajstić information content (AvgIpc) is 2.16. The number of amides is 2. The van der Waals surface area contributed by atoms with E-state index >= 15 is 0 Å². The van der Waals surface area contributed by atoms with Crippen LogP contribution >= 0.6 is 0 Å². The number of nitrogens with zero attached hydrogens (tertiary/aromatic N) is 1. The molecule has 2 amide bonds. The van der Waals surface area contributed by atoms with Crippen molar-refractivity contribution in [2.24, 2.45) is 4.99 Å². The Morgan fingerprint density at radius 1 is 1.13 bits per heavy atom. The van der Waals surface area contributed by atoms with Crippen LogP contribution < -0.4 is 5.32 Å². The highest BCUT2D eigenvalue weighted by Gasteiger charge is 1.88. The Bertz CT molecular complexity index is 267. The molecule has 0 fully saturated rings. The van der Waals surface area contributed by atoms with Crippen LogP contribution in [0.3, 0.4) is 0 Å². The molecule has 0 saturated carbocycles. The zero-order valence-corrected chi connectivity index (χ0v) is 8.30. The SMILES string of the molecule is CC=NC(=O)NC.O=C(O)/C=C/C(=O)O. The Morgan fingerprint density at radius 2 is 1.53 bits per heavy atom. The number of hydrogen-bond acceptors (Lipinski definition) is 3. The fraction of sp³-hybridized carbons (Fsp3) is 0.250. The Kier molecular flexibility index (Phi) is 10.1. The maximum atomic E-state index is 10.1. The smallest absolute Gasteiger partial charge is 0.340 e. The molecule has 0 aromatic heterocycles. The van der Waals surface area contributed by atoms with E-state index < -0.39 is 11.9 Å². The van der Waals surface area contributed by atoms with Gasteiger partial charge < -0.3 is 15.5 Å². The molecule has 7 nitrogen and oxygen atoms in total. The maximum absolute atomic E-state index is 10.1. The number of carbonyl (C=O) groups excluding carboxylic acids is 1. The first-order valence-corrected chi connectivity index (χ1v) is 3.78. The zero-order chi connectivity index (χ0) is 12.3. The fourth-order valence-corrected chi connectivity index (χ4v) is 0.324. The molecule has 15 heavy (non-hydrogen) atoms. The normalized spacial score (nSPS) is 9.47. The van der Waals surface area contributed by atoms with Gasteiger partial charge in [-0.1, -0.05) is 0 Å². The second kappa shape index (κ2) is 9.90. The number of rotatable bonds is 2. The van der Waals surface area contributed by atoms with E-state index in [0.717, 1.165) is 0 Å². The van der Waals surface area contributed by atoms with Crippen molar-refractivity contribution in [2.75, 3.05) is 7.05 Å². The minimum atomic E-state index is -1.26. The Morgan fingerprint density at radius 3 is 1.67 bits per heavy atom. The summed E-state index contributed by atoms with van der Waals surface area (Å²) in [5.41, 5.74) is 0. The van der Waals surface area contributed by atoms with Crippen molar-refractivity contribution in [3.05, 3.63) is 12.2 Å². The van der Waals surface area contributed by atoms with Crippen LogP contribution in [0.25, 0.3) is 0 Å². The number of carbonyl (C=O) groups is 3. The van der Waals surface area contributed by atoms with Gasteiger partial charge in [0.2, 0.25) is 0 Å². The molecule has 0 atom stereocenters. The van der Waals surface area contributed by atoms with Gasteiger partial charge in [0.15, 0.2) is 0 Å². The minimum Gasteiger partial charge on any atom is -0.478 e. The van der Waals surface area contributed by atoms with E-state index in [1.807, 2.05) is 0 Å². The van der Waals surface area contributed by atoms with Gasteiger partial charge in [0, 0.05) is 25.4 Å². The highest BCUT2D eigenvalue weighted by molar-refractivity contribution is 5.89. The van der Waals surface area contributed by atoms with E-state index in [9.17, 15) is 14.4 Å². The summed E-state index contributed by atoms with van der Waals surface area (Å²) in [6.07, 6.45) is 2.56. The van der Waals surface area contributed by atoms with Gasteiger partial charge >= 0.3 is 18.0 Å². The first-order valence-electron chi connectivity index (χ1n) is 3.78. The van der Waals surface area contributed by atoms with Crippen LogP contribution in [0.15, 0.2) is 17.1 Å². The summed E-state index contributed by atoms with van der Waals surface area (Å²) >= 11 is 0. The van der Waals surface area contributed by atoms with Crippen LogP contribution in [-0.2, 0) is 9.59 Å². The van der Waals surface area contributed by atoms with Gasteiger partial charge in [-0.15, -0.1) is 0 Å². The molecule has 3 N–H and O–H groups in total. The monoisotopic (exact) mass is 216 g/mol. The number of carboxylic acids is 2. The summed E-state index contributed by atoms with van der Waals surface area (Å²) < 4.78 is 0. The lowest BCUT2D eigenvalue weighted by Gasteiger charge is -1.83. The van der Waals surface area contributed by atoms with Gasteiger partial charge in [-0.3, -0.25) is 0 Å². The van der Waals surface area contributed by atoms with Crippen LogP contribution in [0.5, 0.6) is 0 Å². The van der Waals surface area contributed by atoms with Gasteiger partial charge in [-0.25, -0.2) is 19.4 Å². The summed E-state index contributed by atoms with van der Waals surface area (Å²) in [5.74, 6) is -2.51. The Hall–Kier alpha value is -2.18. The molecule has 0 aliphatic carbocycles. The fourth-order valence-electron chi connectivity index (χ4n) is 0.324. The van der Waals surface area contributed by atoms with Gasteiger partial charge in [0.25, 0.3) is 0 Å². The molecule has 0 heterocycles. The third-order valence-electron chi connectivity index (χ3n) is 0.829. The molecular weight excluding hydrogens is 204 g/mol. The van der Waals surface area contributed by atoms with Gasteiger partial charge in [-0.2, -0.15) is 0 Å². The summed E-state index contributed by atoms with van der Waals surface area (Å²) in [4.78, 5) is 32.6. The maximum Gasteiger partial charge on any atom is 0.340 e. The number of nitrogens with one attached hydrogen (secondary N) is 1. The molecule has 0 spiro atoms. The molecule has 0 unspecified atom stereocenters. The second-order valence-corrected chi connectivity index (χ2v) is 1.95. The van der Waals surface area contributed by atoms with Crippen molar-refractivity contribution in [3.8, 4) is 0 Å². The molecule has 84 valence electrons. The zero-order valence-electron chi connectivity index (χ0n) is 8.30. The molecular formula is C8H12N2O5. The lowest BCUT2D eigenvalue weighted by atomic mass is 10.5. The molecule has 0 saturated heterocycles. The van der Waals surface area contributed by atoms with Crippen LogP contribution in [-0.4, -0.2) is 41.4 Å². The summed E-state index contributed by atoms with van der Waals surface area (Å²) in [7, 11) is 1.54. The molecule has 0 radical (unpaired) electrons. The predicted octanol–water partition coefficient (Wildman–Crippen LogP) is 0.128. The topological polar surface area (TPSA) is 116 Å². The lowest BCUT2D eigenvalue weighted by Crippen LogP contribution is -2.12. The van der Waals surface area contributed by atoms with Crippen molar-refractivity contribution in [1.29, 1.82) is 0 Å². The Labute approximate surface area is 86.1 Å². The van der Waals surface area contributed by atoms with Crippen LogP contribution in [0, 0.1) is 0 Å². The van der Waals surface area contributed by atoms with Crippen LogP contribution in [0.2, 0.25) is 0 Å². The van der Waals surface area contributed by atoms with E-state index in [4.69, 9.17) is 10.2 Å². The van der Waals surface area contributed by atoms with E-state index in [1.54, 1.807) is 6.92 Å². The van der Waals surface area contributed by atoms with Crippen LogP contribution in [0.4, 0.5) is 4.79 Å².